The number of aromatic nitrogens is 1. The Balaban J connectivity index is 2.12. The molecule has 148 valence electrons. The molecule has 28 heavy (non-hydrogen) atoms. The van der Waals surface area contributed by atoms with Crippen LogP contribution in [-0.2, 0) is 0 Å². The number of fused-ring (bicyclic) bond motifs is 1. The SMILES string of the molecule is CCCOc1ccc(F)c2c(=O)c(-c3ccc(OC(F)(F)F)cc3)c(C)[nH]c12. The minimum absolute atomic E-state index is 0.162. The average molecular weight is 395 g/mol. The number of nitrogens with one attached hydrogen (secondary N) is 1. The minimum Gasteiger partial charge on any atom is -0.491 e. The number of aryl methyl sites for hydroxylation is 1. The Labute approximate surface area is 157 Å². The van der Waals surface area contributed by atoms with Gasteiger partial charge in [0.2, 0.25) is 5.43 Å². The molecule has 2 aromatic carbocycles. The molecule has 3 rings (SSSR count). The van der Waals surface area contributed by atoms with Crippen molar-refractivity contribution in [2.45, 2.75) is 26.6 Å². The highest BCUT2D eigenvalue weighted by molar-refractivity contribution is 5.89. The Bertz CT molecular complexity index is 1060. The van der Waals surface area contributed by atoms with Gasteiger partial charge in [-0.1, -0.05) is 19.1 Å². The fourth-order valence-corrected chi connectivity index (χ4v) is 2.95. The van der Waals surface area contributed by atoms with Gasteiger partial charge in [0, 0.05) is 11.3 Å². The maximum Gasteiger partial charge on any atom is 0.573 e. The first-order valence-corrected chi connectivity index (χ1v) is 8.55. The van der Waals surface area contributed by atoms with Crippen molar-refractivity contribution in [1.29, 1.82) is 0 Å². The Hall–Kier alpha value is -3.03. The van der Waals surface area contributed by atoms with E-state index in [1.165, 1.54) is 18.2 Å². The van der Waals surface area contributed by atoms with Crippen LogP contribution in [0.2, 0.25) is 0 Å². The maximum atomic E-state index is 14.4. The highest BCUT2D eigenvalue weighted by atomic mass is 19.4. The Morgan fingerprint density at radius 1 is 1.07 bits per heavy atom. The third-order valence-electron chi connectivity index (χ3n) is 4.10. The summed E-state index contributed by atoms with van der Waals surface area (Å²) in [6, 6.07) is 7.44. The summed E-state index contributed by atoms with van der Waals surface area (Å²) in [6.07, 6.45) is -4.07. The molecule has 0 aliphatic carbocycles. The predicted molar refractivity (Wildman–Crippen MR) is 97.2 cm³/mol. The minimum atomic E-state index is -4.81. The Morgan fingerprint density at radius 3 is 2.36 bits per heavy atom. The van der Waals surface area contributed by atoms with E-state index in [4.69, 9.17) is 4.74 Å². The summed E-state index contributed by atoms with van der Waals surface area (Å²) >= 11 is 0. The number of hydrogen-bond acceptors (Lipinski definition) is 3. The molecule has 1 N–H and O–H groups in total. The summed E-state index contributed by atoms with van der Waals surface area (Å²) in [4.78, 5) is 16.0. The first-order chi connectivity index (χ1) is 13.2. The molecular formula is C20H17F4NO3. The van der Waals surface area contributed by atoms with E-state index in [-0.39, 0.29) is 16.5 Å². The fourth-order valence-electron chi connectivity index (χ4n) is 2.95. The number of alkyl halides is 3. The molecule has 0 unspecified atom stereocenters. The fraction of sp³-hybridized carbons (Fsp3) is 0.250. The summed E-state index contributed by atoms with van der Waals surface area (Å²) in [7, 11) is 0. The van der Waals surface area contributed by atoms with Crippen LogP contribution in [0.4, 0.5) is 17.6 Å². The van der Waals surface area contributed by atoms with Crippen molar-refractivity contribution in [3.8, 4) is 22.6 Å². The van der Waals surface area contributed by atoms with Gasteiger partial charge < -0.3 is 14.5 Å². The van der Waals surface area contributed by atoms with E-state index < -0.39 is 23.4 Å². The van der Waals surface area contributed by atoms with Crippen molar-refractivity contribution in [1.82, 2.24) is 4.98 Å². The van der Waals surface area contributed by atoms with Crippen LogP contribution in [-0.4, -0.2) is 18.0 Å². The Morgan fingerprint density at radius 2 is 1.75 bits per heavy atom. The van der Waals surface area contributed by atoms with Crippen LogP contribution >= 0.6 is 0 Å². The summed E-state index contributed by atoms with van der Waals surface area (Å²) in [5, 5.41) is -0.162. The molecule has 0 aliphatic heterocycles. The number of halogens is 4. The zero-order valence-corrected chi connectivity index (χ0v) is 15.1. The normalized spacial score (nSPS) is 11.6. The van der Waals surface area contributed by atoms with Crippen LogP contribution in [0.1, 0.15) is 19.0 Å². The van der Waals surface area contributed by atoms with Gasteiger partial charge in [-0.15, -0.1) is 13.2 Å². The van der Waals surface area contributed by atoms with Crippen molar-refractivity contribution in [2.24, 2.45) is 0 Å². The molecule has 0 atom stereocenters. The molecule has 1 aromatic heterocycles. The second-order valence-electron chi connectivity index (χ2n) is 6.17. The van der Waals surface area contributed by atoms with E-state index in [1.54, 1.807) is 6.92 Å². The predicted octanol–water partition coefficient (Wildman–Crippen LogP) is 5.33. The van der Waals surface area contributed by atoms with Crippen LogP contribution in [0.15, 0.2) is 41.2 Å². The van der Waals surface area contributed by atoms with Crippen LogP contribution in [0.5, 0.6) is 11.5 Å². The van der Waals surface area contributed by atoms with E-state index in [1.807, 2.05) is 6.92 Å². The molecule has 8 heteroatoms. The van der Waals surface area contributed by atoms with Gasteiger partial charge in [-0.05, 0) is 43.2 Å². The van der Waals surface area contributed by atoms with Crippen molar-refractivity contribution in [3.63, 3.8) is 0 Å². The van der Waals surface area contributed by atoms with Gasteiger partial charge in [0.15, 0.2) is 0 Å². The standard InChI is InChI=1S/C20H17F4NO3/c1-3-10-27-15-9-8-14(21)17-18(15)25-11(2)16(19(17)26)12-4-6-13(7-5-12)28-20(22,23)24/h4-9H,3,10H2,1-2H3,(H,25,26). The summed E-state index contributed by atoms with van der Waals surface area (Å²) in [5.74, 6) is -0.759. The lowest BCUT2D eigenvalue weighted by Crippen LogP contribution is -2.17. The molecule has 3 aromatic rings. The van der Waals surface area contributed by atoms with Crippen LogP contribution in [0.25, 0.3) is 22.0 Å². The molecule has 0 fully saturated rings. The lowest BCUT2D eigenvalue weighted by molar-refractivity contribution is -0.274. The maximum absolute atomic E-state index is 14.4. The second kappa shape index (κ2) is 7.53. The van der Waals surface area contributed by atoms with Gasteiger partial charge in [0.1, 0.15) is 17.3 Å². The number of ether oxygens (including phenoxy) is 2. The number of hydrogen-bond donors (Lipinski definition) is 1. The van der Waals surface area contributed by atoms with Crippen molar-refractivity contribution in [3.05, 3.63) is 58.1 Å². The summed E-state index contributed by atoms with van der Waals surface area (Å²) < 4.78 is 60.7. The van der Waals surface area contributed by atoms with E-state index >= 15 is 0 Å². The monoisotopic (exact) mass is 395 g/mol. The number of aromatic amines is 1. The van der Waals surface area contributed by atoms with E-state index in [9.17, 15) is 22.4 Å². The average Bonchev–Trinajstić information content (AvgIpc) is 2.61. The molecule has 0 bridgehead atoms. The number of benzene rings is 2. The third kappa shape index (κ3) is 3.95. The molecule has 0 radical (unpaired) electrons. The third-order valence-corrected chi connectivity index (χ3v) is 4.10. The molecule has 4 nitrogen and oxygen atoms in total. The Kier molecular flexibility index (Phi) is 5.31. The van der Waals surface area contributed by atoms with Gasteiger partial charge in [-0.3, -0.25) is 4.79 Å². The van der Waals surface area contributed by atoms with E-state index in [2.05, 4.69) is 9.72 Å². The molecule has 0 amide bonds. The van der Waals surface area contributed by atoms with Crippen molar-refractivity contribution in [2.75, 3.05) is 6.61 Å². The van der Waals surface area contributed by atoms with Gasteiger partial charge in [-0.2, -0.15) is 0 Å². The highest BCUT2D eigenvalue weighted by Gasteiger charge is 2.31. The molecule has 0 saturated carbocycles. The van der Waals surface area contributed by atoms with Gasteiger partial charge in [-0.25, -0.2) is 4.39 Å². The molecular weight excluding hydrogens is 378 g/mol. The van der Waals surface area contributed by atoms with Crippen LogP contribution in [0, 0.1) is 12.7 Å². The molecule has 0 aliphatic rings. The van der Waals surface area contributed by atoms with E-state index in [0.717, 1.165) is 24.6 Å². The first-order valence-electron chi connectivity index (χ1n) is 8.55. The first kappa shape index (κ1) is 19.7. The van der Waals surface area contributed by atoms with Gasteiger partial charge >= 0.3 is 6.36 Å². The molecule has 0 saturated heterocycles. The largest absolute Gasteiger partial charge is 0.573 e. The van der Waals surface area contributed by atoms with Crippen LogP contribution < -0.4 is 14.9 Å². The van der Waals surface area contributed by atoms with E-state index in [0.29, 0.717) is 23.6 Å². The summed E-state index contributed by atoms with van der Waals surface area (Å²) in [6.45, 7) is 3.96. The number of pyridine rings is 1. The molecule has 0 spiro atoms. The number of rotatable bonds is 5. The van der Waals surface area contributed by atoms with Gasteiger partial charge in [0.25, 0.3) is 0 Å². The van der Waals surface area contributed by atoms with Crippen molar-refractivity contribution >= 4 is 10.9 Å². The quantitative estimate of drug-likeness (QED) is 0.594. The number of H-pyrrole nitrogens is 1. The summed E-state index contributed by atoms with van der Waals surface area (Å²) in [5.41, 5.74) is 0.618. The lowest BCUT2D eigenvalue weighted by Gasteiger charge is -2.13. The lowest BCUT2D eigenvalue weighted by atomic mass is 10.0. The zero-order chi connectivity index (χ0) is 20.5. The highest BCUT2D eigenvalue weighted by Crippen LogP contribution is 2.30. The molecule has 1 heterocycles. The topological polar surface area (TPSA) is 51.3 Å². The van der Waals surface area contributed by atoms with Crippen molar-refractivity contribution < 1.29 is 27.0 Å². The zero-order valence-electron chi connectivity index (χ0n) is 15.1. The van der Waals surface area contributed by atoms with Gasteiger partial charge in [0.05, 0.1) is 17.5 Å². The second-order valence-corrected chi connectivity index (χ2v) is 6.17. The van der Waals surface area contributed by atoms with Crippen LogP contribution in [0.3, 0.4) is 0 Å². The smallest absolute Gasteiger partial charge is 0.491 e.